The molecular weight excluding hydrogens is 371 g/mol. The molecule has 4 nitrogen and oxygen atoms in total. The summed E-state index contributed by atoms with van der Waals surface area (Å²) in [5.74, 6) is 0.745. The number of rotatable bonds is 3. The topological polar surface area (TPSA) is 32.3 Å². The Labute approximate surface area is 161 Å². The molecule has 0 N–H and O–H groups in total. The summed E-state index contributed by atoms with van der Waals surface area (Å²) in [6.45, 7) is 8.66. The molecule has 0 radical (unpaired) electrons. The van der Waals surface area contributed by atoms with Gasteiger partial charge in [-0.3, -0.25) is 4.90 Å². The van der Waals surface area contributed by atoms with Gasteiger partial charge in [0, 0.05) is 42.6 Å². The van der Waals surface area contributed by atoms with E-state index in [4.69, 9.17) is 11.6 Å². The predicted molar refractivity (Wildman–Crippen MR) is 106 cm³/mol. The fraction of sp³-hybridized carbons (Fsp3) is 0.368. The van der Waals surface area contributed by atoms with Crippen LogP contribution >= 0.6 is 22.9 Å². The standard InChI is InChI=1S/C19H20ClFN4S/c1-12-13(2)26-19-17(12)18(22-11-23-19)25-7-5-24(6-8-25)10-14-3-4-15(21)9-16(14)20/h3-4,9,11H,5-8,10H2,1-2H3. The number of aromatic nitrogens is 2. The summed E-state index contributed by atoms with van der Waals surface area (Å²) in [7, 11) is 0. The number of nitrogens with zero attached hydrogens (tertiary/aromatic N) is 4. The van der Waals surface area contributed by atoms with Gasteiger partial charge in [-0.15, -0.1) is 11.3 Å². The zero-order valence-corrected chi connectivity index (χ0v) is 16.4. The molecule has 0 saturated carbocycles. The number of anilines is 1. The first-order valence-corrected chi connectivity index (χ1v) is 9.84. The number of thiophene rings is 1. The lowest BCUT2D eigenvalue weighted by Gasteiger charge is -2.35. The van der Waals surface area contributed by atoms with Crippen LogP contribution in [-0.4, -0.2) is 41.0 Å². The monoisotopic (exact) mass is 390 g/mol. The van der Waals surface area contributed by atoms with Crippen LogP contribution in [0, 0.1) is 19.7 Å². The molecule has 0 aliphatic carbocycles. The Kier molecular flexibility index (Phi) is 4.82. The van der Waals surface area contributed by atoms with E-state index in [1.165, 1.54) is 28.0 Å². The average Bonchev–Trinajstić information content (AvgIpc) is 2.92. The highest BCUT2D eigenvalue weighted by molar-refractivity contribution is 7.18. The van der Waals surface area contributed by atoms with Crippen LogP contribution in [-0.2, 0) is 6.54 Å². The number of piperazine rings is 1. The van der Waals surface area contributed by atoms with E-state index in [1.807, 2.05) is 0 Å². The first-order valence-electron chi connectivity index (χ1n) is 8.65. The van der Waals surface area contributed by atoms with E-state index in [2.05, 4.69) is 33.6 Å². The quantitative estimate of drug-likeness (QED) is 0.662. The van der Waals surface area contributed by atoms with Crippen molar-refractivity contribution < 1.29 is 4.39 Å². The molecule has 0 atom stereocenters. The molecule has 1 fully saturated rings. The molecule has 7 heteroatoms. The summed E-state index contributed by atoms with van der Waals surface area (Å²) < 4.78 is 13.2. The summed E-state index contributed by atoms with van der Waals surface area (Å²) >= 11 is 7.89. The summed E-state index contributed by atoms with van der Waals surface area (Å²) in [4.78, 5) is 16.1. The molecule has 0 spiro atoms. The lowest BCUT2D eigenvalue weighted by atomic mass is 10.1. The number of fused-ring (bicyclic) bond motifs is 1. The van der Waals surface area contributed by atoms with Crippen molar-refractivity contribution in [1.29, 1.82) is 0 Å². The maximum absolute atomic E-state index is 13.2. The molecule has 1 aromatic carbocycles. The Hall–Kier alpha value is -1.76. The number of hydrogen-bond donors (Lipinski definition) is 0. The van der Waals surface area contributed by atoms with E-state index in [9.17, 15) is 4.39 Å². The Balaban J connectivity index is 1.49. The molecule has 2 aromatic heterocycles. The highest BCUT2D eigenvalue weighted by Gasteiger charge is 2.22. The van der Waals surface area contributed by atoms with E-state index in [-0.39, 0.29) is 5.82 Å². The fourth-order valence-corrected chi connectivity index (χ4v) is 4.63. The van der Waals surface area contributed by atoms with Gasteiger partial charge in [0.1, 0.15) is 22.8 Å². The van der Waals surface area contributed by atoms with Gasteiger partial charge >= 0.3 is 0 Å². The second-order valence-electron chi connectivity index (χ2n) is 6.66. The average molecular weight is 391 g/mol. The van der Waals surface area contributed by atoms with Crippen molar-refractivity contribution >= 4 is 39.0 Å². The predicted octanol–water partition coefficient (Wildman–Crippen LogP) is 4.42. The maximum Gasteiger partial charge on any atom is 0.141 e. The van der Waals surface area contributed by atoms with Crippen molar-refractivity contribution in [2.24, 2.45) is 0 Å². The van der Waals surface area contributed by atoms with Crippen LogP contribution in [0.5, 0.6) is 0 Å². The van der Waals surface area contributed by atoms with Crippen LogP contribution < -0.4 is 4.90 Å². The molecule has 0 amide bonds. The Morgan fingerprint density at radius 1 is 1.15 bits per heavy atom. The van der Waals surface area contributed by atoms with E-state index in [0.29, 0.717) is 5.02 Å². The van der Waals surface area contributed by atoms with Crippen LogP contribution in [0.15, 0.2) is 24.5 Å². The minimum atomic E-state index is -0.294. The molecule has 1 aliphatic heterocycles. The second kappa shape index (κ2) is 7.10. The molecular formula is C19H20ClFN4S. The van der Waals surface area contributed by atoms with Gasteiger partial charge < -0.3 is 4.90 Å². The van der Waals surface area contributed by atoms with Gasteiger partial charge in [-0.1, -0.05) is 17.7 Å². The van der Waals surface area contributed by atoms with Crippen LogP contribution in [0.1, 0.15) is 16.0 Å². The molecule has 4 rings (SSSR count). The van der Waals surface area contributed by atoms with Crippen molar-refractivity contribution in [2.45, 2.75) is 20.4 Å². The summed E-state index contributed by atoms with van der Waals surface area (Å²) in [5, 5.41) is 1.68. The molecule has 0 unspecified atom stereocenters. The third-order valence-electron chi connectivity index (χ3n) is 5.03. The lowest BCUT2D eigenvalue weighted by Crippen LogP contribution is -2.46. The Morgan fingerprint density at radius 2 is 1.92 bits per heavy atom. The molecule has 1 saturated heterocycles. The number of benzene rings is 1. The number of aryl methyl sites for hydroxylation is 2. The molecule has 0 bridgehead atoms. The Bertz CT molecular complexity index is 950. The first-order chi connectivity index (χ1) is 12.5. The second-order valence-corrected chi connectivity index (χ2v) is 8.27. The zero-order valence-electron chi connectivity index (χ0n) is 14.8. The van der Waals surface area contributed by atoms with Crippen molar-refractivity contribution in [1.82, 2.24) is 14.9 Å². The number of hydrogen-bond acceptors (Lipinski definition) is 5. The van der Waals surface area contributed by atoms with Crippen LogP contribution in [0.2, 0.25) is 5.02 Å². The molecule has 3 aromatic rings. The van der Waals surface area contributed by atoms with Crippen LogP contribution in [0.4, 0.5) is 10.2 Å². The van der Waals surface area contributed by atoms with Gasteiger partial charge in [0.25, 0.3) is 0 Å². The maximum atomic E-state index is 13.2. The van der Waals surface area contributed by atoms with Gasteiger partial charge in [-0.25, -0.2) is 14.4 Å². The third-order valence-corrected chi connectivity index (χ3v) is 6.49. The SMILES string of the molecule is Cc1sc2ncnc(N3CCN(Cc4ccc(F)cc4Cl)CC3)c2c1C. The van der Waals surface area contributed by atoms with E-state index >= 15 is 0 Å². The van der Waals surface area contributed by atoms with Crippen molar-refractivity contribution in [3.8, 4) is 0 Å². The highest BCUT2D eigenvalue weighted by atomic mass is 35.5. The van der Waals surface area contributed by atoms with Crippen molar-refractivity contribution in [3.05, 3.63) is 51.4 Å². The van der Waals surface area contributed by atoms with E-state index in [0.717, 1.165) is 48.9 Å². The van der Waals surface area contributed by atoms with Gasteiger partial charge in [-0.05, 0) is 37.1 Å². The summed E-state index contributed by atoms with van der Waals surface area (Å²) in [6, 6.07) is 4.62. The first kappa shape index (κ1) is 17.6. The zero-order chi connectivity index (χ0) is 18.3. The molecule has 1 aliphatic rings. The number of halogens is 2. The van der Waals surface area contributed by atoms with Crippen LogP contribution in [0.3, 0.4) is 0 Å². The molecule has 26 heavy (non-hydrogen) atoms. The molecule has 136 valence electrons. The van der Waals surface area contributed by atoms with Gasteiger partial charge in [-0.2, -0.15) is 0 Å². The fourth-order valence-electron chi connectivity index (χ4n) is 3.41. The summed E-state index contributed by atoms with van der Waals surface area (Å²) in [6.07, 6.45) is 1.66. The van der Waals surface area contributed by atoms with E-state index < -0.39 is 0 Å². The minimum Gasteiger partial charge on any atom is -0.353 e. The van der Waals surface area contributed by atoms with Crippen molar-refractivity contribution in [3.63, 3.8) is 0 Å². The minimum absolute atomic E-state index is 0.294. The van der Waals surface area contributed by atoms with Crippen LogP contribution in [0.25, 0.3) is 10.2 Å². The van der Waals surface area contributed by atoms with Crippen molar-refractivity contribution in [2.75, 3.05) is 31.1 Å². The smallest absolute Gasteiger partial charge is 0.141 e. The van der Waals surface area contributed by atoms with Gasteiger partial charge in [0.15, 0.2) is 0 Å². The lowest BCUT2D eigenvalue weighted by molar-refractivity contribution is 0.249. The largest absolute Gasteiger partial charge is 0.353 e. The Morgan fingerprint density at radius 3 is 2.65 bits per heavy atom. The summed E-state index contributed by atoms with van der Waals surface area (Å²) in [5.41, 5.74) is 2.25. The van der Waals surface area contributed by atoms with Gasteiger partial charge in [0.05, 0.1) is 5.39 Å². The highest BCUT2D eigenvalue weighted by Crippen LogP contribution is 2.34. The molecule has 3 heterocycles. The van der Waals surface area contributed by atoms with E-state index in [1.54, 1.807) is 23.7 Å². The third kappa shape index (κ3) is 3.29. The normalized spacial score (nSPS) is 15.8. The van der Waals surface area contributed by atoms with Gasteiger partial charge in [0.2, 0.25) is 0 Å².